The van der Waals surface area contributed by atoms with Crippen LogP contribution in [0.4, 0.5) is 0 Å². The zero-order valence-electron chi connectivity index (χ0n) is 5.62. The average molecular weight is 168 g/mol. The second-order valence-electron chi connectivity index (χ2n) is 1.74. The van der Waals surface area contributed by atoms with Gasteiger partial charge in [0.1, 0.15) is 0 Å². The molecule has 6 heteroatoms. The van der Waals surface area contributed by atoms with Gasteiger partial charge in [0.2, 0.25) is 0 Å². The lowest BCUT2D eigenvalue weighted by atomic mass is 10.5. The minimum Gasteiger partial charge on any atom is -0.760 e. The Balaban J connectivity index is 0.000000180. The fraction of sp³-hybridized carbons (Fsp3) is 1.00. The van der Waals surface area contributed by atoms with E-state index in [2.05, 4.69) is 10.5 Å². The highest BCUT2D eigenvalue weighted by molar-refractivity contribution is 7.76. The van der Waals surface area contributed by atoms with Crippen LogP contribution in [0.25, 0.3) is 0 Å². The first-order valence-electron chi connectivity index (χ1n) is 2.96. The van der Waals surface area contributed by atoms with E-state index in [1.54, 1.807) is 0 Å². The first-order chi connectivity index (χ1) is 4.73. The summed E-state index contributed by atoms with van der Waals surface area (Å²) in [5, 5.41) is 6.30. The average Bonchev–Trinajstić information content (AvgIpc) is 1.90. The van der Waals surface area contributed by atoms with Crippen molar-refractivity contribution in [2.75, 3.05) is 26.3 Å². The molecule has 1 unspecified atom stereocenters. The maximum absolute atomic E-state index is 8.78. The predicted molar refractivity (Wildman–Crippen MR) is 35.6 cm³/mol. The molecule has 1 aliphatic rings. The molecule has 10 heavy (non-hydrogen) atoms. The Morgan fingerprint density at radius 3 is 2.00 bits per heavy atom. The molecule has 0 bridgehead atoms. The topological polar surface area (TPSA) is 92.0 Å². The Morgan fingerprint density at radius 1 is 1.50 bits per heavy atom. The van der Waals surface area contributed by atoms with Gasteiger partial charge in [-0.05, 0) is 0 Å². The maximum Gasteiger partial charge on any atom is 0.0993 e. The number of rotatable bonds is 0. The molecule has 1 heterocycles. The van der Waals surface area contributed by atoms with Crippen LogP contribution in [0.5, 0.6) is 0 Å². The van der Waals surface area contributed by atoms with E-state index in [-0.39, 0.29) is 0 Å². The van der Waals surface area contributed by atoms with Crippen LogP contribution in [0.3, 0.4) is 0 Å². The van der Waals surface area contributed by atoms with Crippen LogP contribution in [0, 0.1) is 0 Å². The first kappa shape index (κ1) is 9.99. The van der Waals surface area contributed by atoms with Crippen molar-refractivity contribution in [2.45, 2.75) is 0 Å². The minimum atomic E-state index is -2.36. The third kappa shape index (κ3) is 10.9. The molecule has 1 atom stereocenters. The van der Waals surface area contributed by atoms with Crippen molar-refractivity contribution < 1.29 is 18.8 Å². The largest absolute Gasteiger partial charge is 0.760 e. The number of hydrogen-bond acceptors (Lipinski definition) is 3. The van der Waals surface area contributed by atoms with E-state index in [1.807, 2.05) is 0 Å². The fourth-order valence-electron chi connectivity index (χ4n) is 0.580. The molecule has 5 nitrogen and oxygen atoms in total. The Kier molecular flexibility index (Phi) is 7.09. The van der Waals surface area contributed by atoms with Gasteiger partial charge in [0, 0.05) is 11.3 Å². The molecular weight excluding hydrogens is 156 g/mol. The van der Waals surface area contributed by atoms with Crippen molar-refractivity contribution in [3.8, 4) is 0 Å². The van der Waals surface area contributed by atoms with Crippen molar-refractivity contribution in [1.82, 2.24) is 0 Å². The van der Waals surface area contributed by atoms with E-state index in [9.17, 15) is 0 Å². The lowest BCUT2D eigenvalue weighted by molar-refractivity contribution is -0.670. The molecule has 0 spiro atoms. The summed E-state index contributed by atoms with van der Waals surface area (Å²) in [5.41, 5.74) is 0. The van der Waals surface area contributed by atoms with E-state index < -0.39 is 11.3 Å². The smallest absolute Gasteiger partial charge is 0.0993 e. The van der Waals surface area contributed by atoms with Gasteiger partial charge in [-0.15, -0.1) is 0 Å². The summed E-state index contributed by atoms with van der Waals surface area (Å²) in [6, 6.07) is 0. The van der Waals surface area contributed by atoms with Crippen LogP contribution in [-0.2, 0) is 16.0 Å². The van der Waals surface area contributed by atoms with E-state index in [0.29, 0.717) is 0 Å². The molecule has 1 rings (SSSR count). The van der Waals surface area contributed by atoms with Crippen LogP contribution in [-0.4, -0.2) is 35.1 Å². The van der Waals surface area contributed by atoms with Crippen LogP contribution >= 0.6 is 0 Å². The van der Waals surface area contributed by atoms with Crippen molar-refractivity contribution in [1.29, 1.82) is 0 Å². The molecule has 1 aliphatic heterocycles. The number of ether oxygens (including phenoxy) is 1. The highest BCUT2D eigenvalue weighted by Crippen LogP contribution is 1.69. The third-order valence-corrected chi connectivity index (χ3v) is 0.933. The molecule has 0 amide bonds. The molecule has 62 valence electrons. The van der Waals surface area contributed by atoms with E-state index in [1.165, 1.54) is 0 Å². The molecule has 0 aromatic carbocycles. The molecule has 0 aromatic heterocycles. The van der Waals surface area contributed by atoms with Gasteiger partial charge in [0.25, 0.3) is 0 Å². The molecule has 4 N–H and O–H groups in total. The highest BCUT2D eigenvalue weighted by Gasteiger charge is 1.96. The van der Waals surface area contributed by atoms with E-state index in [4.69, 9.17) is 13.5 Å². The Labute approximate surface area is 62.4 Å². The van der Waals surface area contributed by atoms with Gasteiger partial charge >= 0.3 is 0 Å². The van der Waals surface area contributed by atoms with Gasteiger partial charge in [0.15, 0.2) is 0 Å². The molecule has 0 aliphatic carbocycles. The van der Waals surface area contributed by atoms with Gasteiger partial charge in [-0.3, -0.25) is 9.35 Å². The SMILES string of the molecule is C1COCC[NH2+]1.NS(=O)[O-]. The number of hydrogen-bond donors (Lipinski definition) is 2. The third-order valence-electron chi connectivity index (χ3n) is 0.933. The van der Waals surface area contributed by atoms with Crippen LogP contribution in [0.15, 0.2) is 0 Å². The molecule has 1 saturated heterocycles. The molecular formula is C4H12N2O3S. The Hall–Kier alpha value is -0.0100. The zero-order chi connectivity index (χ0) is 7.82. The fourth-order valence-corrected chi connectivity index (χ4v) is 0.580. The highest BCUT2D eigenvalue weighted by atomic mass is 32.2. The van der Waals surface area contributed by atoms with E-state index in [0.717, 1.165) is 26.3 Å². The van der Waals surface area contributed by atoms with Crippen LogP contribution in [0.2, 0.25) is 0 Å². The van der Waals surface area contributed by atoms with Crippen molar-refractivity contribution in [2.24, 2.45) is 5.14 Å². The number of quaternary nitrogens is 1. The second kappa shape index (κ2) is 7.10. The second-order valence-corrected chi connectivity index (χ2v) is 2.26. The molecule has 0 radical (unpaired) electrons. The lowest BCUT2D eigenvalue weighted by Gasteiger charge is -2.07. The van der Waals surface area contributed by atoms with Gasteiger partial charge in [-0.2, -0.15) is 0 Å². The summed E-state index contributed by atoms with van der Waals surface area (Å²) < 4.78 is 22.6. The van der Waals surface area contributed by atoms with Gasteiger partial charge < -0.3 is 14.6 Å². The quantitative estimate of drug-likeness (QED) is 0.386. The summed E-state index contributed by atoms with van der Waals surface area (Å²) in [6.45, 7) is 4.19. The number of nitrogens with two attached hydrogens (primary N) is 2. The molecule has 0 saturated carbocycles. The van der Waals surface area contributed by atoms with Crippen LogP contribution in [0.1, 0.15) is 0 Å². The summed E-state index contributed by atoms with van der Waals surface area (Å²) in [4.78, 5) is 0. The number of morpholine rings is 1. The van der Waals surface area contributed by atoms with E-state index >= 15 is 0 Å². The first-order valence-corrected chi connectivity index (χ1v) is 4.10. The van der Waals surface area contributed by atoms with Crippen molar-refractivity contribution in [3.63, 3.8) is 0 Å². The van der Waals surface area contributed by atoms with Gasteiger partial charge in [0.05, 0.1) is 26.3 Å². The summed E-state index contributed by atoms with van der Waals surface area (Å²) in [6.07, 6.45) is 0. The standard InChI is InChI=1S/C4H9NO.H3NO2S/c1-3-6-4-2-5-1;1-4(2)3/h5H,1-4H2;1H2,(H,2,3). The molecule has 1 fully saturated rings. The minimum absolute atomic E-state index is 0.944. The summed E-state index contributed by atoms with van der Waals surface area (Å²) >= 11 is -2.36. The summed E-state index contributed by atoms with van der Waals surface area (Å²) in [7, 11) is 0. The molecule has 0 aromatic rings. The Morgan fingerprint density at radius 2 is 1.90 bits per heavy atom. The maximum atomic E-state index is 8.78. The van der Waals surface area contributed by atoms with Gasteiger partial charge in [-0.1, -0.05) is 0 Å². The Bertz CT molecular complexity index is 81.0. The van der Waals surface area contributed by atoms with Crippen molar-refractivity contribution >= 4 is 11.3 Å². The van der Waals surface area contributed by atoms with Gasteiger partial charge in [-0.25, -0.2) is 0 Å². The lowest BCUT2D eigenvalue weighted by Crippen LogP contribution is -2.87. The monoisotopic (exact) mass is 168 g/mol. The summed E-state index contributed by atoms with van der Waals surface area (Å²) in [5.74, 6) is 0. The van der Waals surface area contributed by atoms with Crippen molar-refractivity contribution in [3.05, 3.63) is 0 Å². The predicted octanol–water partition coefficient (Wildman–Crippen LogP) is -2.68. The van der Waals surface area contributed by atoms with Crippen LogP contribution < -0.4 is 10.5 Å². The zero-order valence-corrected chi connectivity index (χ0v) is 6.43. The normalized spacial score (nSPS) is 20.6.